The number of hydrogen-bond donors (Lipinski definition) is 2. The highest BCUT2D eigenvalue weighted by Crippen LogP contribution is 2.37. The average molecular weight is 437 g/mol. The second-order valence-corrected chi connectivity index (χ2v) is 7.36. The van der Waals surface area contributed by atoms with Crippen molar-refractivity contribution in [3.63, 3.8) is 0 Å². The molecule has 4 rings (SSSR count). The number of anilines is 1. The average Bonchev–Trinajstić information content (AvgIpc) is 3.28. The van der Waals surface area contributed by atoms with Crippen LogP contribution in [0.15, 0.2) is 41.6 Å². The van der Waals surface area contributed by atoms with Gasteiger partial charge in [-0.05, 0) is 24.3 Å². The summed E-state index contributed by atoms with van der Waals surface area (Å²) in [5.41, 5.74) is -0.445. The summed E-state index contributed by atoms with van der Waals surface area (Å²) in [7, 11) is 0. The van der Waals surface area contributed by atoms with Crippen LogP contribution in [0.25, 0.3) is 0 Å². The van der Waals surface area contributed by atoms with Crippen molar-refractivity contribution in [2.24, 2.45) is 5.16 Å². The minimum Gasteiger partial charge on any atom is -0.481 e. The quantitative estimate of drug-likeness (QED) is 0.739. The summed E-state index contributed by atoms with van der Waals surface area (Å²) >= 11 is 12.1. The van der Waals surface area contributed by atoms with E-state index >= 15 is 0 Å². The molecule has 0 aromatic heterocycles. The highest BCUT2D eigenvalue weighted by atomic mass is 35.5. The van der Waals surface area contributed by atoms with Crippen molar-refractivity contribution in [3.8, 4) is 11.5 Å². The number of nitrogens with zero attached hydrogens (tertiary/aromatic N) is 1. The number of ether oxygens (including phenoxy) is 2. The van der Waals surface area contributed by atoms with Crippen molar-refractivity contribution in [1.82, 2.24) is 0 Å². The summed E-state index contributed by atoms with van der Waals surface area (Å²) in [6.07, 6.45) is -0.654. The molecule has 2 aliphatic heterocycles. The van der Waals surface area contributed by atoms with Crippen LogP contribution in [0.4, 0.5) is 5.69 Å². The maximum Gasteiger partial charge on any atom is 0.308 e. The molecule has 8 nitrogen and oxygen atoms in total. The first-order valence-electron chi connectivity index (χ1n) is 8.50. The first-order valence-corrected chi connectivity index (χ1v) is 9.25. The molecule has 0 aliphatic carbocycles. The molecular formula is C19H14Cl2N2O6. The number of amides is 1. The van der Waals surface area contributed by atoms with Crippen molar-refractivity contribution in [2.75, 3.05) is 12.1 Å². The van der Waals surface area contributed by atoms with Crippen molar-refractivity contribution in [3.05, 3.63) is 52.0 Å². The molecule has 1 atom stereocenters. The second kappa shape index (κ2) is 7.46. The van der Waals surface area contributed by atoms with E-state index in [1.807, 2.05) is 0 Å². The molecule has 2 aromatic carbocycles. The topological polar surface area (TPSA) is 106 Å². The minimum absolute atomic E-state index is 0.0724. The molecule has 2 aromatic rings. The molecule has 0 radical (unpaired) electrons. The Hall–Kier alpha value is -2.97. The Kier molecular flexibility index (Phi) is 4.97. The lowest BCUT2D eigenvalue weighted by Crippen LogP contribution is -2.45. The highest BCUT2D eigenvalue weighted by Gasteiger charge is 2.49. The van der Waals surface area contributed by atoms with Crippen LogP contribution >= 0.6 is 23.2 Å². The number of benzene rings is 2. The van der Waals surface area contributed by atoms with E-state index < -0.39 is 23.9 Å². The summed E-state index contributed by atoms with van der Waals surface area (Å²) in [5, 5.41) is 16.7. The zero-order chi connectivity index (χ0) is 20.6. The molecule has 0 saturated heterocycles. The summed E-state index contributed by atoms with van der Waals surface area (Å²) in [6.45, 7) is 0.0951. The fraction of sp³-hybridized carbons (Fsp3) is 0.211. The number of carbonyl (C=O) groups is 2. The van der Waals surface area contributed by atoms with Gasteiger partial charge in [-0.1, -0.05) is 34.4 Å². The van der Waals surface area contributed by atoms with E-state index in [0.29, 0.717) is 38.5 Å². The van der Waals surface area contributed by atoms with Crippen molar-refractivity contribution >= 4 is 46.5 Å². The zero-order valence-corrected chi connectivity index (χ0v) is 16.3. The third-order valence-corrected chi connectivity index (χ3v) is 5.05. The number of carbonyl (C=O) groups excluding carboxylic acids is 1. The molecule has 2 N–H and O–H groups in total. The largest absolute Gasteiger partial charge is 0.481 e. The van der Waals surface area contributed by atoms with Gasteiger partial charge in [-0.2, -0.15) is 0 Å². The van der Waals surface area contributed by atoms with E-state index in [1.165, 1.54) is 6.07 Å². The Morgan fingerprint density at radius 3 is 2.69 bits per heavy atom. The molecule has 0 fully saturated rings. The van der Waals surface area contributed by atoms with Crippen LogP contribution < -0.4 is 14.8 Å². The first kappa shape index (κ1) is 19.4. The first-order chi connectivity index (χ1) is 13.9. The van der Waals surface area contributed by atoms with Crippen LogP contribution in [0.3, 0.4) is 0 Å². The van der Waals surface area contributed by atoms with Crippen LogP contribution in [0.5, 0.6) is 11.5 Å². The van der Waals surface area contributed by atoms with Crippen LogP contribution in [0.2, 0.25) is 10.0 Å². The lowest BCUT2D eigenvalue weighted by Gasteiger charge is -2.23. The van der Waals surface area contributed by atoms with Gasteiger partial charge >= 0.3 is 5.97 Å². The normalized spacial score (nSPS) is 19.4. The van der Waals surface area contributed by atoms with E-state index in [0.717, 1.165) is 0 Å². The fourth-order valence-corrected chi connectivity index (χ4v) is 3.62. The van der Waals surface area contributed by atoms with Gasteiger partial charge in [0.15, 0.2) is 11.5 Å². The molecule has 0 spiro atoms. The Labute approximate surface area is 174 Å². The number of aliphatic carboxylic acids is 1. The Morgan fingerprint density at radius 2 is 1.93 bits per heavy atom. The lowest BCUT2D eigenvalue weighted by molar-refractivity contribution is -0.152. The Morgan fingerprint density at radius 1 is 1.14 bits per heavy atom. The molecular weight excluding hydrogens is 423 g/mol. The van der Waals surface area contributed by atoms with Gasteiger partial charge in [-0.25, -0.2) is 0 Å². The predicted octanol–water partition coefficient (Wildman–Crippen LogP) is 3.70. The molecule has 0 saturated carbocycles. The minimum atomic E-state index is -1.72. The van der Waals surface area contributed by atoms with E-state index in [2.05, 4.69) is 10.5 Å². The summed E-state index contributed by atoms with van der Waals surface area (Å²) in [5.74, 6) is -0.817. The van der Waals surface area contributed by atoms with E-state index in [1.54, 1.807) is 30.3 Å². The number of hydrogen-bond acceptors (Lipinski definition) is 6. The molecule has 150 valence electrons. The maximum atomic E-state index is 13.0. The van der Waals surface area contributed by atoms with Gasteiger partial charge in [0.25, 0.3) is 5.91 Å². The summed E-state index contributed by atoms with van der Waals surface area (Å²) in [6, 6.07) is 9.64. The number of fused-ring (bicyclic) bond motifs is 1. The van der Waals surface area contributed by atoms with Gasteiger partial charge in [-0.3, -0.25) is 9.59 Å². The van der Waals surface area contributed by atoms with Gasteiger partial charge in [0.2, 0.25) is 12.4 Å². The molecule has 1 amide bonds. The molecule has 29 heavy (non-hydrogen) atoms. The molecule has 0 bridgehead atoms. The van der Waals surface area contributed by atoms with Gasteiger partial charge in [0, 0.05) is 28.8 Å². The van der Waals surface area contributed by atoms with Gasteiger partial charge in [0.05, 0.1) is 17.2 Å². The van der Waals surface area contributed by atoms with E-state index in [9.17, 15) is 14.7 Å². The zero-order valence-electron chi connectivity index (χ0n) is 14.8. The maximum absolute atomic E-state index is 13.0. The molecule has 2 aliphatic rings. The van der Waals surface area contributed by atoms with Gasteiger partial charge in [-0.15, -0.1) is 0 Å². The van der Waals surface area contributed by atoms with E-state index in [4.69, 9.17) is 37.5 Å². The monoisotopic (exact) mass is 436 g/mol. The SMILES string of the molecule is O=C(O)CC1(C(=O)Nc2ccc3c(c2)OCO3)CC(c2ccc(Cl)cc2Cl)=NO1. The summed E-state index contributed by atoms with van der Waals surface area (Å²) in [4.78, 5) is 29.8. The number of carboxylic acids is 1. The van der Waals surface area contributed by atoms with Crippen LogP contribution in [0.1, 0.15) is 18.4 Å². The third-order valence-electron chi connectivity index (χ3n) is 4.51. The van der Waals surface area contributed by atoms with Gasteiger partial charge < -0.3 is 24.7 Å². The fourth-order valence-electron chi connectivity index (χ4n) is 3.11. The Balaban J connectivity index is 1.57. The second-order valence-electron chi connectivity index (χ2n) is 6.52. The predicted molar refractivity (Wildman–Crippen MR) is 105 cm³/mol. The number of rotatable bonds is 5. The van der Waals surface area contributed by atoms with E-state index in [-0.39, 0.29) is 13.2 Å². The lowest BCUT2D eigenvalue weighted by atomic mass is 9.90. The smallest absolute Gasteiger partial charge is 0.308 e. The Bertz CT molecular complexity index is 1040. The number of oxime groups is 1. The number of halogens is 2. The van der Waals surface area contributed by atoms with Crippen LogP contribution in [-0.4, -0.2) is 35.1 Å². The van der Waals surface area contributed by atoms with Crippen LogP contribution in [-0.2, 0) is 14.4 Å². The van der Waals surface area contributed by atoms with Crippen molar-refractivity contribution in [1.29, 1.82) is 0 Å². The summed E-state index contributed by atoms with van der Waals surface area (Å²) < 4.78 is 10.5. The van der Waals surface area contributed by atoms with Crippen LogP contribution in [0, 0.1) is 0 Å². The molecule has 10 heteroatoms. The number of nitrogens with one attached hydrogen (secondary N) is 1. The standard InChI is InChI=1S/C19H14Cl2N2O6/c20-10-1-3-12(13(21)5-10)14-7-19(29-23-14,8-17(24)25)18(26)22-11-2-4-15-16(6-11)28-9-27-15/h1-6H,7-9H2,(H,22,26)(H,24,25). The molecule has 1 unspecified atom stereocenters. The highest BCUT2D eigenvalue weighted by molar-refractivity contribution is 6.37. The van der Waals surface area contributed by atoms with Gasteiger partial charge in [0.1, 0.15) is 0 Å². The number of carboxylic acid groups (broad SMARTS) is 1. The van der Waals surface area contributed by atoms with Crippen molar-refractivity contribution in [2.45, 2.75) is 18.4 Å². The molecule has 2 heterocycles. The van der Waals surface area contributed by atoms with Crippen molar-refractivity contribution < 1.29 is 29.0 Å². The third kappa shape index (κ3) is 3.81.